The van der Waals surface area contributed by atoms with Crippen molar-refractivity contribution >= 4 is 35.9 Å². The smallest absolute Gasteiger partial charge is 0.337 e. The van der Waals surface area contributed by atoms with E-state index in [1.807, 2.05) is 24.1 Å². The largest absolute Gasteiger partial charge is 0.465 e. The third kappa shape index (κ3) is 4.36. The van der Waals surface area contributed by atoms with Gasteiger partial charge >= 0.3 is 5.97 Å². The highest BCUT2D eigenvalue weighted by molar-refractivity contribution is 14.0. The SMILES string of the molecule is COC(=O)c1ccc(CN=C(N)N(C)C2CC2)cc1.I. The molecule has 1 aliphatic rings. The highest BCUT2D eigenvalue weighted by atomic mass is 127. The maximum atomic E-state index is 11.3. The summed E-state index contributed by atoms with van der Waals surface area (Å²) in [6, 6.07) is 7.75. The summed E-state index contributed by atoms with van der Waals surface area (Å²) in [5, 5.41) is 0. The Morgan fingerprint density at radius 1 is 1.40 bits per heavy atom. The number of methoxy groups -OCH3 is 1. The Kier molecular flexibility index (Phi) is 6.25. The Morgan fingerprint density at radius 2 is 2.00 bits per heavy atom. The fraction of sp³-hybridized carbons (Fsp3) is 0.429. The minimum absolute atomic E-state index is 0. The van der Waals surface area contributed by atoms with Crippen LogP contribution < -0.4 is 5.73 Å². The molecule has 110 valence electrons. The fourth-order valence-corrected chi connectivity index (χ4v) is 1.80. The summed E-state index contributed by atoms with van der Waals surface area (Å²) in [5.74, 6) is 0.238. The van der Waals surface area contributed by atoms with Gasteiger partial charge in [0.05, 0.1) is 19.2 Å². The zero-order valence-electron chi connectivity index (χ0n) is 11.7. The lowest BCUT2D eigenvalue weighted by atomic mass is 10.1. The molecule has 1 aliphatic carbocycles. The van der Waals surface area contributed by atoms with Crippen LogP contribution in [0.3, 0.4) is 0 Å². The number of halogens is 1. The van der Waals surface area contributed by atoms with Crippen molar-refractivity contribution in [2.45, 2.75) is 25.4 Å². The van der Waals surface area contributed by atoms with E-state index in [4.69, 9.17) is 5.73 Å². The molecule has 0 bridgehead atoms. The Hall–Kier alpha value is -1.31. The number of nitrogens with two attached hydrogens (primary N) is 1. The van der Waals surface area contributed by atoms with Crippen LogP contribution >= 0.6 is 24.0 Å². The predicted octanol–water partition coefficient (Wildman–Crippen LogP) is 2.00. The van der Waals surface area contributed by atoms with E-state index in [-0.39, 0.29) is 29.9 Å². The highest BCUT2D eigenvalue weighted by Crippen LogP contribution is 2.24. The van der Waals surface area contributed by atoms with Crippen LogP contribution in [0.2, 0.25) is 0 Å². The van der Waals surface area contributed by atoms with E-state index >= 15 is 0 Å². The first-order valence-electron chi connectivity index (χ1n) is 6.32. The monoisotopic (exact) mass is 389 g/mol. The van der Waals surface area contributed by atoms with Crippen LogP contribution in [0.1, 0.15) is 28.8 Å². The number of nitrogens with zero attached hydrogens (tertiary/aromatic N) is 2. The Labute approximate surface area is 136 Å². The summed E-state index contributed by atoms with van der Waals surface area (Å²) in [6.07, 6.45) is 2.39. The number of hydrogen-bond donors (Lipinski definition) is 1. The molecule has 5 nitrogen and oxygen atoms in total. The number of rotatable bonds is 4. The Balaban J connectivity index is 0.00000200. The van der Waals surface area contributed by atoms with Crippen LogP contribution in [0.25, 0.3) is 0 Å². The third-order valence-electron chi connectivity index (χ3n) is 3.25. The standard InChI is InChI=1S/C14H19N3O2.HI/c1-17(12-7-8-12)14(15)16-9-10-3-5-11(6-4-10)13(18)19-2;/h3-6,12H,7-9H2,1-2H3,(H2,15,16);1H. The second-order valence-corrected chi connectivity index (χ2v) is 4.71. The average molecular weight is 389 g/mol. The number of benzene rings is 1. The Morgan fingerprint density at radius 3 is 2.50 bits per heavy atom. The quantitative estimate of drug-likeness (QED) is 0.370. The van der Waals surface area contributed by atoms with Gasteiger partial charge in [-0.2, -0.15) is 0 Å². The summed E-state index contributed by atoms with van der Waals surface area (Å²) in [6.45, 7) is 0.518. The maximum Gasteiger partial charge on any atom is 0.337 e. The highest BCUT2D eigenvalue weighted by Gasteiger charge is 2.27. The summed E-state index contributed by atoms with van der Waals surface area (Å²) in [5.41, 5.74) is 7.46. The molecule has 1 saturated carbocycles. The van der Waals surface area contributed by atoms with Gasteiger partial charge in [0.1, 0.15) is 0 Å². The van der Waals surface area contributed by atoms with Crippen molar-refractivity contribution in [3.8, 4) is 0 Å². The van der Waals surface area contributed by atoms with Crippen LogP contribution in [-0.4, -0.2) is 37.0 Å². The number of ether oxygens (including phenoxy) is 1. The van der Waals surface area contributed by atoms with E-state index in [2.05, 4.69) is 9.73 Å². The van der Waals surface area contributed by atoms with Gasteiger partial charge in [-0.1, -0.05) is 12.1 Å². The molecule has 6 heteroatoms. The van der Waals surface area contributed by atoms with Crippen LogP contribution in [0.5, 0.6) is 0 Å². The summed E-state index contributed by atoms with van der Waals surface area (Å²) < 4.78 is 4.65. The van der Waals surface area contributed by atoms with Crippen molar-refractivity contribution in [3.63, 3.8) is 0 Å². The number of hydrogen-bond acceptors (Lipinski definition) is 3. The van der Waals surface area contributed by atoms with Crippen molar-refractivity contribution < 1.29 is 9.53 Å². The number of esters is 1. The molecule has 0 heterocycles. The molecule has 0 radical (unpaired) electrons. The van der Waals surface area contributed by atoms with E-state index < -0.39 is 0 Å². The van der Waals surface area contributed by atoms with Crippen LogP contribution in [0.15, 0.2) is 29.3 Å². The lowest BCUT2D eigenvalue weighted by molar-refractivity contribution is 0.0600. The minimum atomic E-state index is -0.331. The minimum Gasteiger partial charge on any atom is -0.465 e. The van der Waals surface area contributed by atoms with Crippen LogP contribution in [-0.2, 0) is 11.3 Å². The van der Waals surface area contributed by atoms with Crippen molar-refractivity contribution in [3.05, 3.63) is 35.4 Å². The second kappa shape index (κ2) is 7.47. The molecule has 0 aromatic heterocycles. The first-order chi connectivity index (χ1) is 9.11. The van der Waals surface area contributed by atoms with Gasteiger partial charge in [-0.15, -0.1) is 24.0 Å². The molecule has 0 saturated heterocycles. The molecule has 0 amide bonds. The zero-order chi connectivity index (χ0) is 13.8. The lowest BCUT2D eigenvalue weighted by Crippen LogP contribution is -2.35. The molecule has 0 atom stereocenters. The molecular formula is C14H20IN3O2. The van der Waals surface area contributed by atoms with E-state index in [0.29, 0.717) is 24.1 Å². The molecule has 1 fully saturated rings. The van der Waals surface area contributed by atoms with Gasteiger partial charge in [0.2, 0.25) is 0 Å². The van der Waals surface area contributed by atoms with Gasteiger partial charge in [0.15, 0.2) is 5.96 Å². The summed E-state index contributed by atoms with van der Waals surface area (Å²) >= 11 is 0. The maximum absolute atomic E-state index is 11.3. The topological polar surface area (TPSA) is 67.9 Å². The molecule has 0 unspecified atom stereocenters. The Bertz CT molecular complexity index is 484. The fourth-order valence-electron chi connectivity index (χ4n) is 1.80. The zero-order valence-corrected chi connectivity index (χ0v) is 14.0. The van der Waals surface area contributed by atoms with Crippen molar-refractivity contribution in [1.82, 2.24) is 4.90 Å². The summed E-state index contributed by atoms with van der Waals surface area (Å²) in [4.78, 5) is 17.7. The van der Waals surface area contributed by atoms with E-state index in [1.54, 1.807) is 12.1 Å². The van der Waals surface area contributed by atoms with E-state index in [0.717, 1.165) is 5.56 Å². The van der Waals surface area contributed by atoms with Crippen molar-refractivity contribution in [1.29, 1.82) is 0 Å². The molecule has 1 aromatic carbocycles. The molecule has 20 heavy (non-hydrogen) atoms. The molecule has 2 N–H and O–H groups in total. The van der Waals surface area contributed by atoms with Gasteiger partial charge in [0.25, 0.3) is 0 Å². The first kappa shape index (κ1) is 16.7. The predicted molar refractivity (Wildman–Crippen MR) is 89.3 cm³/mol. The molecule has 0 spiro atoms. The number of carbonyl (C=O) groups is 1. The second-order valence-electron chi connectivity index (χ2n) is 4.71. The molecular weight excluding hydrogens is 369 g/mol. The van der Waals surface area contributed by atoms with E-state index in [9.17, 15) is 4.79 Å². The van der Waals surface area contributed by atoms with Gasteiger partial charge in [-0.25, -0.2) is 9.79 Å². The normalized spacial score (nSPS) is 14.4. The van der Waals surface area contributed by atoms with Gasteiger partial charge < -0.3 is 15.4 Å². The van der Waals surface area contributed by atoms with E-state index in [1.165, 1.54) is 20.0 Å². The van der Waals surface area contributed by atoms with Crippen LogP contribution in [0, 0.1) is 0 Å². The average Bonchev–Trinajstić information content (AvgIpc) is 3.28. The lowest BCUT2D eigenvalue weighted by Gasteiger charge is -2.16. The third-order valence-corrected chi connectivity index (χ3v) is 3.25. The van der Waals surface area contributed by atoms with Gasteiger partial charge in [-0.3, -0.25) is 0 Å². The summed E-state index contributed by atoms with van der Waals surface area (Å²) in [7, 11) is 3.34. The van der Waals surface area contributed by atoms with Crippen LogP contribution in [0.4, 0.5) is 0 Å². The number of guanidine groups is 1. The number of aliphatic imine (C=N–C) groups is 1. The molecule has 2 rings (SSSR count). The van der Waals surface area contributed by atoms with Crippen molar-refractivity contribution in [2.24, 2.45) is 10.7 Å². The molecule has 0 aliphatic heterocycles. The first-order valence-corrected chi connectivity index (χ1v) is 6.32. The number of carbonyl (C=O) groups excluding carboxylic acids is 1. The van der Waals surface area contributed by atoms with Gasteiger partial charge in [0, 0.05) is 13.1 Å². The van der Waals surface area contributed by atoms with Crippen molar-refractivity contribution in [2.75, 3.05) is 14.2 Å². The molecule has 1 aromatic rings. The van der Waals surface area contributed by atoms with Gasteiger partial charge in [-0.05, 0) is 30.5 Å².